The summed E-state index contributed by atoms with van der Waals surface area (Å²) in [7, 11) is 0. The normalized spacial score (nSPS) is 10.8. The molecule has 0 saturated carbocycles. The van der Waals surface area contributed by atoms with Crippen molar-refractivity contribution in [2.75, 3.05) is 0 Å². The Hall–Kier alpha value is -2.62. The molecule has 0 saturated heterocycles. The number of carbonyl (C=O) groups excluding carboxylic acids is 3. The minimum Gasteiger partial charge on any atom is -0.545 e. The second-order valence-corrected chi connectivity index (χ2v) is 9.39. The zero-order valence-corrected chi connectivity index (χ0v) is 25.4. The van der Waals surface area contributed by atoms with Crippen LogP contribution in [0.2, 0.25) is 0 Å². The number of allylic oxidation sites excluding steroid dienone is 9. The molecule has 0 rings (SSSR count). The number of aliphatic carboxylic acids is 3. The van der Waals surface area contributed by atoms with Gasteiger partial charge < -0.3 is 29.7 Å². The molecule has 0 unspecified atom stereocenters. The van der Waals surface area contributed by atoms with Gasteiger partial charge in [0.05, 0.1) is 17.9 Å². The van der Waals surface area contributed by atoms with Crippen LogP contribution in [0, 0.1) is 0 Å². The van der Waals surface area contributed by atoms with Crippen LogP contribution in [0.3, 0.4) is 0 Å². The van der Waals surface area contributed by atoms with Gasteiger partial charge in [0.2, 0.25) is 0 Å². The van der Waals surface area contributed by atoms with Gasteiger partial charge in [-0.3, -0.25) is 0 Å². The summed E-state index contributed by atoms with van der Waals surface area (Å²) < 4.78 is 0. The van der Waals surface area contributed by atoms with E-state index in [1.807, 2.05) is 41.5 Å². The third-order valence-corrected chi connectivity index (χ3v) is 4.37. The van der Waals surface area contributed by atoms with Crippen molar-refractivity contribution < 1.29 is 29.7 Å². The van der Waals surface area contributed by atoms with Gasteiger partial charge >= 0.3 is 17.4 Å². The van der Waals surface area contributed by atoms with Crippen molar-refractivity contribution in [3.05, 3.63) is 69.9 Å². The summed E-state index contributed by atoms with van der Waals surface area (Å²) in [5.74, 6) is -3.32. The van der Waals surface area contributed by atoms with Gasteiger partial charge in [-0.05, 0) is 119 Å². The molecule has 0 spiro atoms. The molecular weight excluding hydrogens is 483 g/mol. The Kier molecular flexibility index (Phi) is 29.7. The Morgan fingerprint density at radius 1 is 0.459 bits per heavy atom. The maximum Gasteiger partial charge on any atom is 3.00 e. The molecule has 0 aliphatic heterocycles. The first-order valence-corrected chi connectivity index (χ1v) is 12.1. The first-order chi connectivity index (χ1) is 16.6. The molecule has 204 valence electrons. The minimum absolute atomic E-state index is 0. The van der Waals surface area contributed by atoms with Crippen LogP contribution in [0.1, 0.15) is 101 Å². The maximum atomic E-state index is 10.1. The fraction of sp³-hybridized carbons (Fsp3) is 0.500. The zero-order chi connectivity index (χ0) is 28.7. The quantitative estimate of drug-likeness (QED) is 0.215. The van der Waals surface area contributed by atoms with E-state index in [1.165, 1.54) is 16.7 Å². The van der Waals surface area contributed by atoms with Gasteiger partial charge in [-0.2, -0.15) is 0 Å². The molecule has 0 amide bonds. The molecule has 0 aliphatic rings. The van der Waals surface area contributed by atoms with E-state index >= 15 is 0 Å². The Morgan fingerprint density at radius 3 is 0.784 bits per heavy atom. The van der Waals surface area contributed by atoms with E-state index in [9.17, 15) is 29.7 Å². The first kappa shape index (κ1) is 41.5. The molecule has 0 aromatic heterocycles. The molecule has 0 aliphatic carbocycles. The van der Waals surface area contributed by atoms with Crippen LogP contribution in [-0.2, 0) is 14.4 Å². The summed E-state index contributed by atoms with van der Waals surface area (Å²) in [6, 6.07) is 0. The monoisotopic (exact) mass is 528 g/mol. The molecular formula is C30H45AlO6. The largest absolute Gasteiger partial charge is 3.00 e. The van der Waals surface area contributed by atoms with E-state index in [1.54, 1.807) is 20.8 Å². The van der Waals surface area contributed by atoms with Gasteiger partial charge in [0.1, 0.15) is 0 Å². The predicted molar refractivity (Wildman–Crippen MR) is 148 cm³/mol. The third-order valence-electron chi connectivity index (χ3n) is 4.37. The summed E-state index contributed by atoms with van der Waals surface area (Å²) in [4.78, 5) is 30.3. The SMILES string of the molecule is CC(C)=CCC/C(C)=C/C(=O)[O-].CC(C)=CCC/C(C)=C/C(=O)[O-].CC(C)=CCC/C(C)=C/C(=O)[O-].[Al+3]. The van der Waals surface area contributed by atoms with Gasteiger partial charge in [-0.25, -0.2) is 0 Å². The molecule has 7 heteroatoms. The van der Waals surface area contributed by atoms with Crippen molar-refractivity contribution in [2.45, 2.75) is 101 Å². The van der Waals surface area contributed by atoms with Gasteiger partial charge in [0.25, 0.3) is 0 Å². The smallest absolute Gasteiger partial charge is 0.545 e. The zero-order valence-electron chi connectivity index (χ0n) is 24.2. The molecule has 0 aromatic rings. The Morgan fingerprint density at radius 2 is 0.649 bits per heavy atom. The molecule has 37 heavy (non-hydrogen) atoms. The number of rotatable bonds is 12. The average Bonchev–Trinajstić information content (AvgIpc) is 2.66. The number of carboxylic acids is 3. The molecule has 0 atom stereocenters. The average molecular weight is 529 g/mol. The topological polar surface area (TPSA) is 120 Å². The van der Waals surface area contributed by atoms with Crippen LogP contribution in [0.5, 0.6) is 0 Å². The second-order valence-electron chi connectivity index (χ2n) is 9.39. The van der Waals surface area contributed by atoms with Crippen LogP contribution in [0.4, 0.5) is 0 Å². The van der Waals surface area contributed by atoms with Crippen LogP contribution in [0.15, 0.2) is 69.9 Å². The Labute approximate surface area is 235 Å². The summed E-state index contributed by atoms with van der Waals surface area (Å²) in [6.45, 7) is 17.6. The molecule has 6 nitrogen and oxygen atoms in total. The van der Waals surface area contributed by atoms with Gasteiger partial charge in [0.15, 0.2) is 0 Å². The van der Waals surface area contributed by atoms with Crippen molar-refractivity contribution in [3.8, 4) is 0 Å². The van der Waals surface area contributed by atoms with Gasteiger partial charge in [-0.15, -0.1) is 0 Å². The maximum absolute atomic E-state index is 10.1. The van der Waals surface area contributed by atoms with E-state index < -0.39 is 17.9 Å². The molecule has 0 bridgehead atoms. The van der Waals surface area contributed by atoms with Crippen LogP contribution in [-0.4, -0.2) is 35.3 Å². The minimum atomic E-state index is -1.11. The first-order valence-electron chi connectivity index (χ1n) is 12.1. The predicted octanol–water partition coefficient (Wildman–Crippen LogP) is 3.91. The van der Waals surface area contributed by atoms with E-state index in [0.717, 1.165) is 73.5 Å². The summed E-state index contributed by atoms with van der Waals surface area (Å²) in [6.07, 6.45) is 14.8. The van der Waals surface area contributed by atoms with E-state index in [2.05, 4.69) is 18.2 Å². The van der Waals surface area contributed by atoms with Crippen molar-refractivity contribution in [3.63, 3.8) is 0 Å². The molecule has 0 radical (unpaired) electrons. The fourth-order valence-corrected chi connectivity index (χ4v) is 2.59. The number of hydrogen-bond acceptors (Lipinski definition) is 6. The molecule has 0 aromatic carbocycles. The van der Waals surface area contributed by atoms with Crippen LogP contribution >= 0.6 is 0 Å². The van der Waals surface area contributed by atoms with Crippen molar-refractivity contribution >= 4 is 35.3 Å². The standard InChI is InChI=1S/3C10H16O2.Al/c3*1-8(2)5-4-6-9(3)7-10(11)12;/h3*5,7H,4,6H2,1-3H3,(H,11,12);/q;;;+3/p-3/b3*9-7+;. The molecule has 0 heterocycles. The summed E-state index contributed by atoms with van der Waals surface area (Å²) in [5, 5.41) is 30.3. The summed E-state index contributed by atoms with van der Waals surface area (Å²) >= 11 is 0. The molecule has 0 N–H and O–H groups in total. The van der Waals surface area contributed by atoms with E-state index in [4.69, 9.17) is 0 Å². The summed E-state index contributed by atoms with van der Waals surface area (Å²) in [5.41, 5.74) is 6.34. The van der Waals surface area contributed by atoms with Gasteiger partial charge in [-0.1, -0.05) is 51.7 Å². The fourth-order valence-electron chi connectivity index (χ4n) is 2.59. The van der Waals surface area contributed by atoms with Crippen molar-refractivity contribution in [2.24, 2.45) is 0 Å². The molecule has 0 fully saturated rings. The van der Waals surface area contributed by atoms with E-state index in [0.29, 0.717) is 0 Å². The number of carboxylic acid groups (broad SMARTS) is 3. The Balaban J connectivity index is -0.000000218. The van der Waals surface area contributed by atoms with Crippen LogP contribution in [0.25, 0.3) is 0 Å². The third kappa shape index (κ3) is 43.8. The van der Waals surface area contributed by atoms with Crippen molar-refractivity contribution in [1.29, 1.82) is 0 Å². The van der Waals surface area contributed by atoms with Crippen LogP contribution < -0.4 is 15.3 Å². The van der Waals surface area contributed by atoms with Gasteiger partial charge in [0, 0.05) is 0 Å². The van der Waals surface area contributed by atoms with Crippen molar-refractivity contribution in [1.82, 2.24) is 0 Å². The number of hydrogen-bond donors (Lipinski definition) is 0. The van der Waals surface area contributed by atoms with E-state index in [-0.39, 0.29) is 17.4 Å². The second kappa shape index (κ2) is 26.4. The Bertz CT molecular complexity index is 744. The number of carbonyl (C=O) groups is 3.